The molecular weight excluding hydrogens is 276 g/mol. The van der Waals surface area contributed by atoms with Crippen LogP contribution in [0.3, 0.4) is 0 Å². The molecule has 0 bridgehead atoms. The molecule has 1 aliphatic heterocycles. The molecule has 0 N–H and O–H groups in total. The lowest BCUT2D eigenvalue weighted by atomic mass is 9.84. The molecule has 2 aromatic rings. The van der Waals surface area contributed by atoms with E-state index in [0.29, 0.717) is 0 Å². The number of ether oxygens (including phenoxy) is 3. The number of hydrogen-bond acceptors (Lipinski definition) is 3. The van der Waals surface area contributed by atoms with E-state index >= 15 is 0 Å². The third kappa shape index (κ3) is 2.52. The molecule has 0 saturated carbocycles. The second-order valence-electron chi connectivity index (χ2n) is 6.69. The summed E-state index contributed by atoms with van der Waals surface area (Å²) in [5, 5.41) is 0. The predicted molar refractivity (Wildman–Crippen MR) is 88.0 cm³/mol. The SMILES string of the molecule is COc1ccc(C(C)(C)C)cc1-c1cc2c(cc1C)OCO2. The van der Waals surface area contributed by atoms with E-state index < -0.39 is 0 Å². The van der Waals surface area contributed by atoms with E-state index in [-0.39, 0.29) is 12.2 Å². The number of methoxy groups -OCH3 is 1. The van der Waals surface area contributed by atoms with Crippen LogP contribution in [0.2, 0.25) is 0 Å². The van der Waals surface area contributed by atoms with Crippen molar-refractivity contribution in [1.82, 2.24) is 0 Å². The van der Waals surface area contributed by atoms with Crippen molar-refractivity contribution in [1.29, 1.82) is 0 Å². The molecule has 3 nitrogen and oxygen atoms in total. The van der Waals surface area contributed by atoms with Crippen molar-refractivity contribution >= 4 is 0 Å². The van der Waals surface area contributed by atoms with Crippen LogP contribution in [0.1, 0.15) is 31.9 Å². The largest absolute Gasteiger partial charge is 0.496 e. The normalized spacial score (nSPS) is 13.3. The highest BCUT2D eigenvalue weighted by Crippen LogP contribution is 2.42. The minimum atomic E-state index is 0.0886. The Bertz CT molecular complexity index is 711. The van der Waals surface area contributed by atoms with Crippen LogP contribution in [-0.4, -0.2) is 13.9 Å². The van der Waals surface area contributed by atoms with E-state index in [1.54, 1.807) is 7.11 Å². The van der Waals surface area contributed by atoms with E-state index in [1.165, 1.54) is 5.56 Å². The molecule has 0 aliphatic carbocycles. The van der Waals surface area contributed by atoms with Gasteiger partial charge in [-0.3, -0.25) is 0 Å². The average Bonchev–Trinajstić information content (AvgIpc) is 2.91. The number of rotatable bonds is 2. The van der Waals surface area contributed by atoms with E-state index in [0.717, 1.165) is 33.9 Å². The van der Waals surface area contributed by atoms with Crippen molar-refractivity contribution in [3.63, 3.8) is 0 Å². The summed E-state index contributed by atoms with van der Waals surface area (Å²) in [6, 6.07) is 10.5. The molecular formula is C19H22O3. The van der Waals surface area contributed by atoms with Crippen molar-refractivity contribution in [2.45, 2.75) is 33.1 Å². The molecule has 0 atom stereocenters. The summed E-state index contributed by atoms with van der Waals surface area (Å²) < 4.78 is 16.5. The quantitative estimate of drug-likeness (QED) is 0.804. The molecule has 0 amide bonds. The van der Waals surface area contributed by atoms with Gasteiger partial charge in [-0.15, -0.1) is 0 Å². The number of aryl methyl sites for hydroxylation is 1. The smallest absolute Gasteiger partial charge is 0.231 e. The van der Waals surface area contributed by atoms with Crippen LogP contribution in [0.5, 0.6) is 17.2 Å². The van der Waals surface area contributed by atoms with Crippen molar-refractivity contribution in [3.05, 3.63) is 41.5 Å². The molecule has 2 aromatic carbocycles. The Kier molecular flexibility index (Phi) is 3.51. The maximum absolute atomic E-state index is 5.57. The van der Waals surface area contributed by atoms with Gasteiger partial charge < -0.3 is 14.2 Å². The average molecular weight is 298 g/mol. The molecule has 3 rings (SSSR count). The zero-order valence-corrected chi connectivity index (χ0v) is 13.8. The maximum Gasteiger partial charge on any atom is 0.231 e. The van der Waals surface area contributed by atoms with Gasteiger partial charge in [-0.2, -0.15) is 0 Å². The highest BCUT2D eigenvalue weighted by Gasteiger charge is 2.20. The summed E-state index contributed by atoms with van der Waals surface area (Å²) in [7, 11) is 1.71. The summed E-state index contributed by atoms with van der Waals surface area (Å²) in [6.45, 7) is 9.01. The molecule has 0 radical (unpaired) electrons. The summed E-state index contributed by atoms with van der Waals surface area (Å²) >= 11 is 0. The first-order chi connectivity index (χ1) is 10.4. The molecule has 3 heteroatoms. The van der Waals surface area contributed by atoms with E-state index in [9.17, 15) is 0 Å². The maximum atomic E-state index is 5.57. The molecule has 0 aromatic heterocycles. The van der Waals surface area contributed by atoms with Crippen LogP contribution in [-0.2, 0) is 5.41 Å². The summed E-state index contributed by atoms with van der Waals surface area (Å²) in [5.74, 6) is 2.48. The van der Waals surface area contributed by atoms with Crippen LogP contribution in [0.15, 0.2) is 30.3 Å². The van der Waals surface area contributed by atoms with Crippen LogP contribution in [0.25, 0.3) is 11.1 Å². The standard InChI is InChI=1S/C19H22O3/c1-12-8-17-18(22-11-21-17)10-14(12)15-9-13(19(2,3)4)6-7-16(15)20-5/h6-10H,11H2,1-5H3. The third-order valence-corrected chi connectivity index (χ3v) is 4.08. The van der Waals surface area contributed by atoms with E-state index in [1.807, 2.05) is 18.2 Å². The Labute approximate surface area is 131 Å². The van der Waals surface area contributed by atoms with Gasteiger partial charge in [-0.25, -0.2) is 0 Å². The first kappa shape index (κ1) is 14.8. The van der Waals surface area contributed by atoms with Gasteiger partial charge in [0.25, 0.3) is 0 Å². The van der Waals surface area contributed by atoms with Gasteiger partial charge in [-0.05, 0) is 53.3 Å². The second kappa shape index (κ2) is 5.24. The fourth-order valence-electron chi connectivity index (χ4n) is 2.72. The number of fused-ring (bicyclic) bond motifs is 1. The van der Waals surface area contributed by atoms with Gasteiger partial charge in [0.1, 0.15) is 5.75 Å². The summed E-state index contributed by atoms with van der Waals surface area (Å²) in [4.78, 5) is 0. The van der Waals surface area contributed by atoms with Crippen molar-refractivity contribution in [2.24, 2.45) is 0 Å². The van der Waals surface area contributed by atoms with E-state index in [4.69, 9.17) is 14.2 Å². The molecule has 0 saturated heterocycles. The van der Waals surface area contributed by atoms with Crippen LogP contribution in [0.4, 0.5) is 0 Å². The summed E-state index contributed by atoms with van der Waals surface area (Å²) in [5.41, 5.74) is 4.72. The van der Waals surface area contributed by atoms with Crippen LogP contribution in [0, 0.1) is 6.92 Å². The monoisotopic (exact) mass is 298 g/mol. The lowest BCUT2D eigenvalue weighted by Gasteiger charge is -2.22. The zero-order chi connectivity index (χ0) is 15.9. The Balaban J connectivity index is 2.18. The lowest BCUT2D eigenvalue weighted by Crippen LogP contribution is -2.11. The Morgan fingerprint density at radius 1 is 0.955 bits per heavy atom. The van der Waals surface area contributed by atoms with Crippen molar-refractivity contribution < 1.29 is 14.2 Å². The van der Waals surface area contributed by atoms with Crippen molar-refractivity contribution in [3.8, 4) is 28.4 Å². The minimum absolute atomic E-state index is 0.0886. The Morgan fingerprint density at radius 3 is 2.27 bits per heavy atom. The fourth-order valence-corrected chi connectivity index (χ4v) is 2.72. The molecule has 0 fully saturated rings. The van der Waals surface area contributed by atoms with Crippen LogP contribution >= 0.6 is 0 Å². The van der Waals surface area contributed by atoms with Gasteiger partial charge in [0.05, 0.1) is 7.11 Å². The topological polar surface area (TPSA) is 27.7 Å². The number of hydrogen-bond donors (Lipinski definition) is 0. The number of benzene rings is 2. The minimum Gasteiger partial charge on any atom is -0.496 e. The molecule has 1 heterocycles. The Morgan fingerprint density at radius 2 is 1.64 bits per heavy atom. The van der Waals surface area contributed by atoms with Gasteiger partial charge in [0, 0.05) is 5.56 Å². The first-order valence-corrected chi connectivity index (χ1v) is 7.49. The fraction of sp³-hybridized carbons (Fsp3) is 0.368. The molecule has 1 aliphatic rings. The Hall–Kier alpha value is -2.16. The van der Waals surface area contributed by atoms with Crippen molar-refractivity contribution in [2.75, 3.05) is 13.9 Å². The van der Waals surface area contributed by atoms with Gasteiger partial charge in [0.2, 0.25) is 6.79 Å². The first-order valence-electron chi connectivity index (χ1n) is 7.49. The molecule has 0 spiro atoms. The van der Waals surface area contributed by atoms with Gasteiger partial charge in [-0.1, -0.05) is 26.8 Å². The highest BCUT2D eigenvalue weighted by atomic mass is 16.7. The summed E-state index contributed by atoms with van der Waals surface area (Å²) in [6.07, 6.45) is 0. The highest BCUT2D eigenvalue weighted by molar-refractivity contribution is 5.77. The van der Waals surface area contributed by atoms with Crippen LogP contribution < -0.4 is 14.2 Å². The predicted octanol–water partition coefficient (Wildman–Crippen LogP) is 4.70. The molecule has 0 unspecified atom stereocenters. The lowest BCUT2D eigenvalue weighted by molar-refractivity contribution is 0.174. The molecule has 22 heavy (non-hydrogen) atoms. The molecule has 116 valence electrons. The van der Waals surface area contributed by atoms with E-state index in [2.05, 4.69) is 39.8 Å². The van der Waals surface area contributed by atoms with Gasteiger partial charge >= 0.3 is 0 Å². The third-order valence-electron chi connectivity index (χ3n) is 4.08. The van der Waals surface area contributed by atoms with Gasteiger partial charge in [0.15, 0.2) is 11.5 Å². The second-order valence-corrected chi connectivity index (χ2v) is 6.69. The zero-order valence-electron chi connectivity index (χ0n) is 13.8.